The number of anilines is 1. The number of piperazine rings is 1. The number of hydrogen-bond donors (Lipinski definition) is 0. The lowest BCUT2D eigenvalue weighted by atomic mass is 9.74. The van der Waals surface area contributed by atoms with Crippen molar-refractivity contribution in [2.75, 3.05) is 18.6 Å². The van der Waals surface area contributed by atoms with Crippen molar-refractivity contribution in [2.45, 2.75) is 148 Å². The molecule has 12 nitrogen and oxygen atoms in total. The van der Waals surface area contributed by atoms with Crippen LogP contribution >= 0.6 is 0 Å². The van der Waals surface area contributed by atoms with Crippen molar-refractivity contribution >= 4 is 57.2 Å². The van der Waals surface area contributed by atoms with E-state index in [-0.39, 0.29) is 22.4 Å². The molecule has 0 bridgehead atoms. The minimum absolute atomic E-state index is 0.0847. The molecule has 59 heavy (non-hydrogen) atoms. The van der Waals surface area contributed by atoms with Gasteiger partial charge < -0.3 is 23.2 Å². The SMILES string of the molecule is CN1C(=O)C2=C[C@]3(c4cn(C(=O)OC(C)(C)C)c5ccccc45)c4ccccc4N(C(=O)OC(C)(C)C)[C@@H]3N2C(=O)C1(CO[Si](C)(C)C(C)(C)C)O[Si](C)(C)C(C)(C)C. The molecule has 4 heterocycles. The summed E-state index contributed by atoms with van der Waals surface area (Å²) in [4.78, 5) is 64.6. The number of amides is 3. The number of benzene rings is 2. The molecule has 3 aromatic rings. The minimum Gasteiger partial charge on any atom is -0.443 e. The van der Waals surface area contributed by atoms with Crippen LogP contribution in [0.25, 0.3) is 10.9 Å². The lowest BCUT2D eigenvalue weighted by Gasteiger charge is -2.54. The van der Waals surface area contributed by atoms with Gasteiger partial charge in [-0.25, -0.2) is 9.59 Å². The van der Waals surface area contributed by atoms with Gasteiger partial charge in [0.05, 0.1) is 23.2 Å². The lowest BCUT2D eigenvalue weighted by Crippen LogP contribution is -2.74. The largest absolute Gasteiger partial charge is 0.443 e. The molecule has 0 N–H and O–H groups in total. The van der Waals surface area contributed by atoms with Gasteiger partial charge in [0.2, 0.25) is 5.72 Å². The van der Waals surface area contributed by atoms with Crippen molar-refractivity contribution in [1.29, 1.82) is 0 Å². The average Bonchev–Trinajstić information content (AvgIpc) is 3.73. The number of nitrogens with zero attached hydrogens (tertiary/aromatic N) is 4. The number of rotatable bonds is 6. The second-order valence-corrected chi connectivity index (χ2v) is 30.8. The average molecular weight is 845 g/mol. The van der Waals surface area contributed by atoms with Gasteiger partial charge >= 0.3 is 12.2 Å². The van der Waals surface area contributed by atoms with Crippen LogP contribution in [0.1, 0.15) is 94.2 Å². The number of fused-ring (bicyclic) bond motifs is 6. The fourth-order valence-corrected chi connectivity index (χ4v) is 10.1. The van der Waals surface area contributed by atoms with Crippen LogP contribution in [0.15, 0.2) is 66.5 Å². The van der Waals surface area contributed by atoms with Crippen LogP contribution in [0.2, 0.25) is 36.3 Å². The Morgan fingerprint density at radius 3 is 1.85 bits per heavy atom. The van der Waals surface area contributed by atoms with Crippen LogP contribution < -0.4 is 4.90 Å². The van der Waals surface area contributed by atoms with Crippen molar-refractivity contribution < 1.29 is 37.5 Å². The maximum atomic E-state index is 16.2. The van der Waals surface area contributed by atoms with E-state index < -0.39 is 69.1 Å². The first-order chi connectivity index (χ1) is 26.8. The van der Waals surface area contributed by atoms with E-state index in [4.69, 9.17) is 18.3 Å². The zero-order valence-corrected chi connectivity index (χ0v) is 40.1. The van der Waals surface area contributed by atoms with Crippen molar-refractivity contribution in [2.24, 2.45) is 0 Å². The first kappa shape index (κ1) is 44.3. The monoisotopic (exact) mass is 844 g/mol. The normalized spacial score (nSPS) is 22.7. The Balaban J connectivity index is 1.68. The Kier molecular flexibility index (Phi) is 10.4. The summed E-state index contributed by atoms with van der Waals surface area (Å²) in [6.07, 6.45) is 1.03. The van der Waals surface area contributed by atoms with E-state index in [0.717, 1.165) is 0 Å². The number of carbonyl (C=O) groups excluding carboxylic acids is 4. The Hall–Kier alpha value is -4.25. The second kappa shape index (κ2) is 13.9. The summed E-state index contributed by atoms with van der Waals surface area (Å²) in [7, 11) is -3.81. The van der Waals surface area contributed by atoms with E-state index in [0.29, 0.717) is 27.7 Å². The second-order valence-electron chi connectivity index (χ2n) is 21.3. The number of aromatic nitrogens is 1. The maximum absolute atomic E-state index is 16.2. The molecule has 3 aliphatic heterocycles. The fourth-order valence-electron chi connectivity index (χ4n) is 7.66. The summed E-state index contributed by atoms with van der Waals surface area (Å²) < 4.78 is 27.6. The molecule has 6 rings (SSSR count). The molecule has 0 radical (unpaired) electrons. The van der Waals surface area contributed by atoms with Gasteiger partial charge in [-0.15, -0.1) is 0 Å². The van der Waals surface area contributed by atoms with Crippen LogP contribution in [0.4, 0.5) is 15.3 Å². The Morgan fingerprint density at radius 2 is 1.27 bits per heavy atom. The number of ether oxygens (including phenoxy) is 2. The van der Waals surface area contributed by atoms with Crippen molar-refractivity contribution in [3.8, 4) is 0 Å². The molecule has 0 aliphatic carbocycles. The molecule has 0 spiro atoms. The highest BCUT2D eigenvalue weighted by Crippen LogP contribution is 2.59. The molecule has 3 aliphatic rings. The van der Waals surface area contributed by atoms with Gasteiger partial charge in [0, 0.05) is 18.6 Å². The molecule has 3 atom stereocenters. The van der Waals surface area contributed by atoms with E-state index in [9.17, 15) is 9.59 Å². The van der Waals surface area contributed by atoms with Crippen LogP contribution in [0, 0.1) is 0 Å². The first-order valence-corrected chi connectivity index (χ1v) is 26.3. The molecule has 1 saturated heterocycles. The molecule has 1 fully saturated rings. The van der Waals surface area contributed by atoms with Crippen molar-refractivity contribution in [3.05, 3.63) is 77.6 Å². The minimum atomic E-state index is -2.87. The van der Waals surface area contributed by atoms with E-state index in [2.05, 4.69) is 67.7 Å². The number of para-hydroxylation sites is 2. The highest BCUT2D eigenvalue weighted by Gasteiger charge is 2.69. The Morgan fingerprint density at radius 1 is 0.729 bits per heavy atom. The standard InChI is InChI=1S/C45H64N4O8Si2/c1-40(2,3)55-38(52)47-27-31(29-22-18-20-24-32(29)47)44-26-34-35(50)46(13)45(57-59(16,17)43(10,11)12,28-54-58(14,15)42(7,8)9)37(51)48(34)36(44)49(39(53)56-41(4,5)6)33-25-21-19-23-30(33)44/h18-27,36H,28H2,1-17H3/t36-,44+,45?/m0/s1. The van der Waals surface area contributed by atoms with E-state index >= 15 is 9.59 Å². The summed E-state index contributed by atoms with van der Waals surface area (Å²) in [6, 6.07) is 14.9. The number of carbonyl (C=O) groups is 4. The maximum Gasteiger partial charge on any atom is 0.419 e. The topological polar surface area (TPSA) is 120 Å². The van der Waals surface area contributed by atoms with Crippen molar-refractivity contribution in [1.82, 2.24) is 14.4 Å². The van der Waals surface area contributed by atoms with Crippen LogP contribution in [0.5, 0.6) is 0 Å². The summed E-state index contributed by atoms with van der Waals surface area (Å²) in [5.74, 6) is -0.994. The third-order valence-electron chi connectivity index (χ3n) is 12.8. The van der Waals surface area contributed by atoms with Crippen LogP contribution in [-0.2, 0) is 33.3 Å². The van der Waals surface area contributed by atoms with Gasteiger partial charge in [-0.3, -0.25) is 24.0 Å². The molecule has 1 aromatic heterocycles. The molecular formula is C45H64N4O8Si2. The van der Waals surface area contributed by atoms with Crippen LogP contribution in [-0.4, -0.2) is 91.7 Å². The zero-order chi connectivity index (χ0) is 44.3. The molecule has 320 valence electrons. The number of hydrogen-bond acceptors (Lipinski definition) is 8. The van der Waals surface area contributed by atoms with Gasteiger partial charge in [0.25, 0.3) is 11.8 Å². The van der Waals surface area contributed by atoms with Gasteiger partial charge in [-0.1, -0.05) is 77.9 Å². The van der Waals surface area contributed by atoms with Gasteiger partial charge in [0.15, 0.2) is 16.6 Å². The molecule has 3 amide bonds. The lowest BCUT2D eigenvalue weighted by molar-refractivity contribution is -0.189. The van der Waals surface area contributed by atoms with Crippen molar-refractivity contribution in [3.63, 3.8) is 0 Å². The summed E-state index contributed by atoms with van der Waals surface area (Å²) in [5, 5.41) is 0.100. The molecule has 0 saturated carbocycles. The van der Waals surface area contributed by atoms with Gasteiger partial charge in [-0.2, -0.15) is 0 Å². The van der Waals surface area contributed by atoms with E-state index in [1.165, 1.54) is 19.3 Å². The smallest absolute Gasteiger partial charge is 0.419 e. The number of likely N-dealkylation sites (N-methyl/N-ethyl adjacent to an activating group) is 1. The van der Waals surface area contributed by atoms with E-state index in [1.807, 2.05) is 48.5 Å². The Labute approximate surface area is 352 Å². The highest BCUT2D eigenvalue weighted by molar-refractivity contribution is 6.75. The summed E-state index contributed by atoms with van der Waals surface area (Å²) in [5.41, 5.74) is -2.58. The first-order valence-electron chi connectivity index (χ1n) is 20.5. The highest BCUT2D eigenvalue weighted by atomic mass is 28.4. The predicted molar refractivity (Wildman–Crippen MR) is 235 cm³/mol. The van der Waals surface area contributed by atoms with Crippen LogP contribution in [0.3, 0.4) is 0 Å². The molecular weight excluding hydrogens is 781 g/mol. The summed E-state index contributed by atoms with van der Waals surface area (Å²) in [6.45, 7) is 31.5. The molecule has 14 heteroatoms. The zero-order valence-electron chi connectivity index (χ0n) is 38.1. The third-order valence-corrected chi connectivity index (χ3v) is 21.7. The quantitative estimate of drug-likeness (QED) is 0.225. The fraction of sp³-hybridized carbons (Fsp3) is 0.556. The molecule has 2 aromatic carbocycles. The van der Waals surface area contributed by atoms with E-state index in [1.54, 1.807) is 60.9 Å². The van der Waals surface area contributed by atoms with Gasteiger partial charge in [0.1, 0.15) is 23.1 Å². The molecule has 1 unspecified atom stereocenters. The predicted octanol–water partition coefficient (Wildman–Crippen LogP) is 9.73. The third kappa shape index (κ3) is 7.17. The van der Waals surface area contributed by atoms with Gasteiger partial charge in [-0.05, 0) is 107 Å². The summed E-state index contributed by atoms with van der Waals surface area (Å²) >= 11 is 0. The Bertz CT molecular complexity index is 2250.